The van der Waals surface area contributed by atoms with E-state index in [1.165, 1.54) is 6.33 Å². The molecule has 0 radical (unpaired) electrons. The summed E-state index contributed by atoms with van der Waals surface area (Å²) in [7, 11) is 0. The van der Waals surface area contributed by atoms with Crippen molar-refractivity contribution in [2.45, 2.75) is 5.03 Å². The van der Waals surface area contributed by atoms with Crippen LogP contribution in [0.5, 0.6) is 0 Å². The first-order chi connectivity index (χ1) is 4.88. The molecule has 0 amide bonds. The molecule has 0 aliphatic rings. The van der Waals surface area contributed by atoms with Gasteiger partial charge in [0.15, 0.2) is 0 Å². The van der Waals surface area contributed by atoms with Crippen LogP contribution in [-0.4, -0.2) is 14.6 Å². The van der Waals surface area contributed by atoms with Crippen LogP contribution in [0.25, 0.3) is 5.52 Å². The van der Waals surface area contributed by atoms with Gasteiger partial charge in [0.25, 0.3) is 0 Å². The quantitative estimate of drug-likeness (QED) is 0.570. The lowest BCUT2D eigenvalue weighted by molar-refractivity contribution is 0.867. The van der Waals surface area contributed by atoms with Gasteiger partial charge in [-0.1, -0.05) is 0 Å². The number of aromatic nitrogens is 3. The summed E-state index contributed by atoms with van der Waals surface area (Å²) in [5.74, 6) is 0. The molecule has 0 bridgehead atoms. The minimum atomic E-state index is 0.708. The monoisotopic (exact) mass is 151 g/mol. The van der Waals surface area contributed by atoms with E-state index in [1.807, 2.05) is 18.3 Å². The molecule has 0 saturated heterocycles. The van der Waals surface area contributed by atoms with Crippen molar-refractivity contribution in [3.63, 3.8) is 0 Å². The van der Waals surface area contributed by atoms with E-state index in [2.05, 4.69) is 22.7 Å². The molecule has 0 aromatic carbocycles. The van der Waals surface area contributed by atoms with Gasteiger partial charge < -0.3 is 0 Å². The highest BCUT2D eigenvalue weighted by atomic mass is 32.1. The number of hydrogen-bond acceptors (Lipinski definition) is 3. The third-order valence-electron chi connectivity index (χ3n) is 1.31. The average Bonchev–Trinajstić information content (AvgIpc) is 2.36. The summed E-state index contributed by atoms with van der Waals surface area (Å²) < 4.78 is 1.73. The van der Waals surface area contributed by atoms with Crippen molar-refractivity contribution in [2.24, 2.45) is 0 Å². The predicted molar refractivity (Wildman–Crippen MR) is 40.2 cm³/mol. The standard InChI is InChI=1S/C6H5N3S/c10-6-5-2-1-3-9(5)8-4-7-6/h1-4H,(H,7,8,10). The molecule has 2 aromatic rings. The molecule has 0 aliphatic heterocycles. The second-order valence-corrected chi connectivity index (χ2v) is 2.35. The number of fused-ring (bicyclic) bond motifs is 1. The summed E-state index contributed by atoms with van der Waals surface area (Å²) in [5, 5.41) is 4.67. The molecule has 2 heterocycles. The van der Waals surface area contributed by atoms with Crippen LogP contribution in [0.1, 0.15) is 0 Å². The fourth-order valence-electron chi connectivity index (χ4n) is 0.852. The van der Waals surface area contributed by atoms with Crippen LogP contribution < -0.4 is 0 Å². The minimum absolute atomic E-state index is 0.708. The molecule has 0 spiro atoms. The van der Waals surface area contributed by atoms with Crippen molar-refractivity contribution in [1.82, 2.24) is 14.6 Å². The maximum atomic E-state index is 4.14. The summed E-state index contributed by atoms with van der Waals surface area (Å²) in [6.07, 6.45) is 3.34. The number of nitrogens with zero attached hydrogens (tertiary/aromatic N) is 3. The summed E-state index contributed by atoms with van der Waals surface area (Å²) in [4.78, 5) is 3.91. The van der Waals surface area contributed by atoms with Crippen molar-refractivity contribution in [1.29, 1.82) is 0 Å². The van der Waals surface area contributed by atoms with Crippen molar-refractivity contribution < 1.29 is 0 Å². The van der Waals surface area contributed by atoms with Gasteiger partial charge in [-0.05, 0) is 12.1 Å². The third kappa shape index (κ3) is 0.690. The van der Waals surface area contributed by atoms with Crippen LogP contribution in [0.2, 0.25) is 0 Å². The summed E-state index contributed by atoms with van der Waals surface area (Å²) in [6.45, 7) is 0. The lowest BCUT2D eigenvalue weighted by Gasteiger charge is -1.92. The zero-order chi connectivity index (χ0) is 6.97. The van der Waals surface area contributed by atoms with Crippen LogP contribution in [0.15, 0.2) is 29.7 Å². The van der Waals surface area contributed by atoms with Gasteiger partial charge in [0.1, 0.15) is 11.4 Å². The van der Waals surface area contributed by atoms with E-state index in [9.17, 15) is 0 Å². The fourth-order valence-corrected chi connectivity index (χ4v) is 1.08. The summed E-state index contributed by atoms with van der Waals surface area (Å²) in [6, 6.07) is 3.83. The molecular formula is C6H5N3S. The fraction of sp³-hybridized carbons (Fsp3) is 0. The molecule has 10 heavy (non-hydrogen) atoms. The SMILES string of the molecule is Sc1ncnn2cccc12. The lowest BCUT2D eigenvalue weighted by atomic mass is 10.5. The first-order valence-corrected chi connectivity index (χ1v) is 3.30. The van der Waals surface area contributed by atoms with E-state index in [1.54, 1.807) is 4.52 Å². The van der Waals surface area contributed by atoms with Gasteiger partial charge in [0.2, 0.25) is 0 Å². The largest absolute Gasteiger partial charge is 0.237 e. The molecule has 0 saturated carbocycles. The van der Waals surface area contributed by atoms with Crippen LogP contribution in [0, 0.1) is 0 Å². The van der Waals surface area contributed by atoms with E-state index in [0.717, 1.165) is 5.52 Å². The Kier molecular flexibility index (Phi) is 1.14. The van der Waals surface area contributed by atoms with Crippen LogP contribution >= 0.6 is 12.6 Å². The van der Waals surface area contributed by atoms with E-state index in [0.29, 0.717) is 5.03 Å². The van der Waals surface area contributed by atoms with E-state index in [4.69, 9.17) is 0 Å². The molecule has 50 valence electrons. The van der Waals surface area contributed by atoms with Crippen LogP contribution in [-0.2, 0) is 0 Å². The highest BCUT2D eigenvalue weighted by Crippen LogP contribution is 2.09. The summed E-state index contributed by atoms with van der Waals surface area (Å²) >= 11 is 4.14. The second kappa shape index (κ2) is 1.98. The van der Waals surface area contributed by atoms with Gasteiger partial charge in [-0.15, -0.1) is 12.6 Å². The number of thiol groups is 1. The van der Waals surface area contributed by atoms with Crippen molar-refractivity contribution in [3.05, 3.63) is 24.7 Å². The van der Waals surface area contributed by atoms with Gasteiger partial charge in [0, 0.05) is 6.20 Å². The Labute approximate surface area is 63.1 Å². The molecule has 3 nitrogen and oxygen atoms in total. The Hall–Kier alpha value is -1.03. The Morgan fingerprint density at radius 1 is 1.50 bits per heavy atom. The molecule has 0 N–H and O–H groups in total. The van der Waals surface area contributed by atoms with Crippen LogP contribution in [0.3, 0.4) is 0 Å². The van der Waals surface area contributed by atoms with E-state index < -0.39 is 0 Å². The Morgan fingerprint density at radius 2 is 2.40 bits per heavy atom. The predicted octanol–water partition coefficient (Wildman–Crippen LogP) is 1.02. The van der Waals surface area contributed by atoms with Gasteiger partial charge in [-0.2, -0.15) is 5.10 Å². The maximum Gasteiger partial charge on any atom is 0.137 e. The normalized spacial score (nSPS) is 10.5. The molecule has 0 aliphatic carbocycles. The Morgan fingerprint density at radius 3 is 3.20 bits per heavy atom. The van der Waals surface area contributed by atoms with Crippen molar-refractivity contribution in [2.75, 3.05) is 0 Å². The molecule has 4 heteroatoms. The zero-order valence-electron chi connectivity index (χ0n) is 5.10. The zero-order valence-corrected chi connectivity index (χ0v) is 5.99. The van der Waals surface area contributed by atoms with Gasteiger partial charge >= 0.3 is 0 Å². The molecule has 0 fully saturated rings. The lowest BCUT2D eigenvalue weighted by Crippen LogP contribution is -1.90. The van der Waals surface area contributed by atoms with E-state index in [-0.39, 0.29) is 0 Å². The number of rotatable bonds is 0. The first kappa shape index (κ1) is 5.73. The first-order valence-electron chi connectivity index (χ1n) is 2.85. The molecule has 0 atom stereocenters. The van der Waals surface area contributed by atoms with E-state index >= 15 is 0 Å². The second-order valence-electron chi connectivity index (χ2n) is 1.92. The molecular weight excluding hydrogens is 146 g/mol. The molecule has 2 rings (SSSR count). The number of hydrogen-bond donors (Lipinski definition) is 1. The maximum absolute atomic E-state index is 4.14. The average molecular weight is 151 g/mol. The van der Waals surface area contributed by atoms with Crippen molar-refractivity contribution in [3.8, 4) is 0 Å². The molecule has 0 unspecified atom stereocenters. The van der Waals surface area contributed by atoms with Crippen molar-refractivity contribution >= 4 is 18.1 Å². The highest BCUT2D eigenvalue weighted by molar-refractivity contribution is 7.80. The Balaban J connectivity index is 2.95. The molecule has 2 aromatic heterocycles. The van der Waals surface area contributed by atoms with Gasteiger partial charge in [-0.25, -0.2) is 9.50 Å². The minimum Gasteiger partial charge on any atom is -0.237 e. The topological polar surface area (TPSA) is 30.2 Å². The smallest absolute Gasteiger partial charge is 0.137 e. The van der Waals surface area contributed by atoms with Gasteiger partial charge in [-0.3, -0.25) is 0 Å². The highest BCUT2D eigenvalue weighted by Gasteiger charge is 1.95. The van der Waals surface area contributed by atoms with Gasteiger partial charge in [0.05, 0.1) is 5.52 Å². The summed E-state index contributed by atoms with van der Waals surface area (Å²) in [5.41, 5.74) is 0.936. The van der Waals surface area contributed by atoms with Crippen LogP contribution in [0.4, 0.5) is 0 Å². The third-order valence-corrected chi connectivity index (χ3v) is 1.66. The Bertz CT molecular complexity index is 355.